The predicted molar refractivity (Wildman–Crippen MR) is 109 cm³/mol. The molecule has 1 N–H and O–H groups in total. The molecule has 2 rings (SSSR count). The molecule has 7 heteroatoms. The van der Waals surface area contributed by atoms with Gasteiger partial charge in [-0.2, -0.15) is 0 Å². The number of thioether (sulfide) groups is 1. The summed E-state index contributed by atoms with van der Waals surface area (Å²) in [6.45, 7) is 2.86. The third-order valence-corrected chi connectivity index (χ3v) is 4.85. The molecule has 0 aliphatic carbocycles. The van der Waals surface area contributed by atoms with Gasteiger partial charge in [-0.3, -0.25) is 4.79 Å². The Morgan fingerprint density at radius 1 is 1.23 bits per heavy atom. The van der Waals surface area contributed by atoms with Crippen molar-refractivity contribution in [1.82, 2.24) is 15.3 Å². The maximum atomic E-state index is 12.2. The Hall–Kier alpha value is -1.79. The van der Waals surface area contributed by atoms with E-state index in [0.29, 0.717) is 21.6 Å². The molecule has 0 aliphatic rings. The van der Waals surface area contributed by atoms with Crippen LogP contribution in [0.3, 0.4) is 0 Å². The van der Waals surface area contributed by atoms with Crippen LogP contribution in [0.1, 0.15) is 42.1 Å². The number of aromatic nitrogens is 2. The number of nitrogens with one attached hydrogen (secondary N) is 1. The number of rotatable bonds is 9. The topological polar surface area (TPSA) is 58.1 Å². The van der Waals surface area contributed by atoms with E-state index in [-0.39, 0.29) is 5.91 Å². The monoisotopic (exact) mass is 392 g/mol. The van der Waals surface area contributed by atoms with Gasteiger partial charge in [0.2, 0.25) is 0 Å². The summed E-state index contributed by atoms with van der Waals surface area (Å²) < 4.78 is 0. The third kappa shape index (κ3) is 6.50. The number of benzene rings is 1. The molecular weight excluding hydrogens is 368 g/mol. The van der Waals surface area contributed by atoms with Crippen LogP contribution >= 0.6 is 23.4 Å². The maximum absolute atomic E-state index is 12.2. The smallest absolute Gasteiger partial charge is 0.251 e. The van der Waals surface area contributed by atoms with Crippen molar-refractivity contribution in [2.24, 2.45) is 0 Å². The van der Waals surface area contributed by atoms with Crippen LogP contribution in [0.2, 0.25) is 5.15 Å². The van der Waals surface area contributed by atoms with Gasteiger partial charge < -0.3 is 10.2 Å². The number of amides is 1. The minimum Gasteiger partial charge on any atom is -0.363 e. The summed E-state index contributed by atoms with van der Waals surface area (Å²) in [6, 6.07) is 9.39. The Morgan fingerprint density at radius 2 is 2.04 bits per heavy atom. The zero-order valence-electron chi connectivity index (χ0n) is 15.5. The summed E-state index contributed by atoms with van der Waals surface area (Å²) in [5, 5.41) is 4.01. The van der Waals surface area contributed by atoms with Crippen LogP contribution in [0.15, 0.2) is 35.5 Å². The van der Waals surface area contributed by atoms with E-state index in [1.807, 2.05) is 43.3 Å². The van der Waals surface area contributed by atoms with E-state index < -0.39 is 0 Å². The van der Waals surface area contributed by atoms with Gasteiger partial charge in [-0.05, 0) is 24.1 Å². The van der Waals surface area contributed by atoms with Crippen LogP contribution in [0, 0.1) is 0 Å². The van der Waals surface area contributed by atoms with E-state index >= 15 is 0 Å². The lowest BCUT2D eigenvalue weighted by atomic mass is 10.1. The first-order valence-electron chi connectivity index (χ1n) is 8.71. The van der Waals surface area contributed by atoms with Gasteiger partial charge in [0.05, 0.1) is 0 Å². The van der Waals surface area contributed by atoms with E-state index in [1.165, 1.54) is 11.8 Å². The zero-order valence-corrected chi connectivity index (χ0v) is 17.0. The van der Waals surface area contributed by atoms with Crippen molar-refractivity contribution in [1.29, 1.82) is 0 Å². The third-order valence-electron chi connectivity index (χ3n) is 3.74. The van der Waals surface area contributed by atoms with E-state index in [2.05, 4.69) is 22.2 Å². The summed E-state index contributed by atoms with van der Waals surface area (Å²) in [4.78, 5) is 22.9. The molecule has 0 atom stereocenters. The van der Waals surface area contributed by atoms with Crippen molar-refractivity contribution in [2.75, 3.05) is 25.5 Å². The molecule has 2 aromatic rings. The summed E-state index contributed by atoms with van der Waals surface area (Å²) in [5.41, 5.74) is 1.73. The van der Waals surface area contributed by atoms with Crippen LogP contribution in [0.4, 0.5) is 5.82 Å². The van der Waals surface area contributed by atoms with E-state index in [0.717, 1.165) is 37.2 Å². The molecule has 26 heavy (non-hydrogen) atoms. The maximum Gasteiger partial charge on any atom is 0.251 e. The van der Waals surface area contributed by atoms with Crippen molar-refractivity contribution >= 4 is 35.1 Å². The van der Waals surface area contributed by atoms with Crippen LogP contribution in [-0.4, -0.2) is 36.5 Å². The average molecular weight is 393 g/mol. The van der Waals surface area contributed by atoms with Crippen LogP contribution in [0.5, 0.6) is 0 Å². The summed E-state index contributed by atoms with van der Waals surface area (Å²) in [6.07, 6.45) is 3.29. The highest BCUT2D eigenvalue weighted by Crippen LogP contribution is 2.24. The predicted octanol–water partition coefficient (Wildman–Crippen LogP) is 4.41. The average Bonchev–Trinajstić information content (AvgIpc) is 2.63. The molecule has 0 saturated heterocycles. The van der Waals surface area contributed by atoms with Gasteiger partial charge in [0, 0.05) is 38.0 Å². The Balaban J connectivity index is 1.97. The molecular formula is C19H25ClN4OS. The summed E-state index contributed by atoms with van der Waals surface area (Å²) >= 11 is 7.57. The SMILES string of the molecule is CCCCCNC(=O)c1cccc(CSc2nc(Cl)cc(N(C)C)n2)c1. The second-order valence-electron chi connectivity index (χ2n) is 6.18. The molecule has 0 unspecified atom stereocenters. The highest BCUT2D eigenvalue weighted by Gasteiger charge is 2.08. The highest BCUT2D eigenvalue weighted by atomic mass is 35.5. The fraction of sp³-hybridized carbons (Fsp3) is 0.421. The molecule has 0 aliphatic heterocycles. The fourth-order valence-electron chi connectivity index (χ4n) is 2.31. The van der Waals surface area contributed by atoms with Gasteiger partial charge in [-0.15, -0.1) is 0 Å². The van der Waals surface area contributed by atoms with Crippen molar-refractivity contribution in [3.05, 3.63) is 46.6 Å². The second-order valence-corrected chi connectivity index (χ2v) is 7.51. The van der Waals surface area contributed by atoms with Gasteiger partial charge in [0.1, 0.15) is 11.0 Å². The quantitative estimate of drug-likeness (QED) is 0.296. The van der Waals surface area contributed by atoms with Crippen molar-refractivity contribution < 1.29 is 4.79 Å². The molecule has 0 radical (unpaired) electrons. The first-order chi connectivity index (χ1) is 12.5. The van der Waals surface area contributed by atoms with Gasteiger partial charge in [0.15, 0.2) is 5.16 Å². The molecule has 140 valence electrons. The van der Waals surface area contributed by atoms with E-state index in [1.54, 1.807) is 6.07 Å². The summed E-state index contributed by atoms with van der Waals surface area (Å²) in [5.74, 6) is 1.42. The molecule has 0 fully saturated rings. The normalized spacial score (nSPS) is 10.6. The number of unbranched alkanes of at least 4 members (excludes halogenated alkanes) is 2. The van der Waals surface area contributed by atoms with Crippen LogP contribution in [-0.2, 0) is 5.75 Å². The minimum absolute atomic E-state index is 0.0261. The van der Waals surface area contributed by atoms with E-state index in [9.17, 15) is 4.79 Å². The molecule has 0 bridgehead atoms. The molecule has 0 saturated carbocycles. The lowest BCUT2D eigenvalue weighted by molar-refractivity contribution is 0.0953. The van der Waals surface area contributed by atoms with Gasteiger partial charge in [0.25, 0.3) is 5.91 Å². The second kappa shape index (κ2) is 10.4. The number of hydrogen-bond acceptors (Lipinski definition) is 5. The van der Waals surface area contributed by atoms with Crippen molar-refractivity contribution in [2.45, 2.75) is 37.1 Å². The first-order valence-corrected chi connectivity index (χ1v) is 10.1. The van der Waals surface area contributed by atoms with Crippen molar-refractivity contribution in [3.8, 4) is 0 Å². The minimum atomic E-state index is -0.0261. The number of hydrogen-bond donors (Lipinski definition) is 1. The van der Waals surface area contributed by atoms with Gasteiger partial charge in [-0.25, -0.2) is 9.97 Å². The lowest BCUT2D eigenvalue weighted by Gasteiger charge is -2.12. The Morgan fingerprint density at radius 3 is 2.77 bits per heavy atom. The number of anilines is 1. The Labute approximate surface area is 164 Å². The molecule has 5 nitrogen and oxygen atoms in total. The van der Waals surface area contributed by atoms with Gasteiger partial charge in [-0.1, -0.05) is 55.3 Å². The van der Waals surface area contributed by atoms with E-state index in [4.69, 9.17) is 11.6 Å². The molecule has 1 aromatic carbocycles. The van der Waals surface area contributed by atoms with Crippen LogP contribution < -0.4 is 10.2 Å². The largest absolute Gasteiger partial charge is 0.363 e. The number of carbonyl (C=O) groups is 1. The molecule has 1 aromatic heterocycles. The fourth-order valence-corrected chi connectivity index (χ4v) is 3.33. The molecule has 1 heterocycles. The Kier molecular flexibility index (Phi) is 8.19. The van der Waals surface area contributed by atoms with Crippen molar-refractivity contribution in [3.63, 3.8) is 0 Å². The van der Waals surface area contributed by atoms with Gasteiger partial charge >= 0.3 is 0 Å². The molecule has 1 amide bonds. The molecule has 0 spiro atoms. The zero-order chi connectivity index (χ0) is 18.9. The first kappa shape index (κ1) is 20.5. The number of carbonyl (C=O) groups excluding carboxylic acids is 1. The van der Waals surface area contributed by atoms with Crippen LogP contribution in [0.25, 0.3) is 0 Å². The summed E-state index contributed by atoms with van der Waals surface area (Å²) in [7, 11) is 3.82. The number of nitrogens with zero attached hydrogens (tertiary/aromatic N) is 3. The highest BCUT2D eigenvalue weighted by molar-refractivity contribution is 7.98. The number of halogens is 1. The Bertz CT molecular complexity index is 739. The standard InChI is InChI=1S/C19H25ClN4OS/c1-4-5-6-10-21-18(25)15-9-7-8-14(11-15)13-26-19-22-16(20)12-17(23-19)24(2)3/h7-9,11-12H,4-6,10,13H2,1-3H3,(H,21,25). The lowest BCUT2D eigenvalue weighted by Crippen LogP contribution is -2.24.